The third-order valence-corrected chi connectivity index (χ3v) is 4.18. The van der Waals surface area contributed by atoms with E-state index in [9.17, 15) is 13.2 Å². The molecule has 1 fully saturated rings. The number of halogens is 3. The molecule has 0 aromatic carbocycles. The summed E-state index contributed by atoms with van der Waals surface area (Å²) in [5.74, 6) is 1.26. The van der Waals surface area contributed by atoms with Crippen LogP contribution in [0.3, 0.4) is 0 Å². The molecular formula is C12H17F3N4S. The van der Waals surface area contributed by atoms with Crippen molar-refractivity contribution in [3.05, 3.63) is 11.9 Å². The van der Waals surface area contributed by atoms with Crippen LogP contribution in [0.5, 0.6) is 0 Å². The Balaban J connectivity index is 2.38. The smallest absolute Gasteiger partial charge is 0.370 e. The van der Waals surface area contributed by atoms with Gasteiger partial charge in [0.05, 0.1) is 0 Å². The van der Waals surface area contributed by atoms with Crippen LogP contribution in [-0.2, 0) is 6.18 Å². The average Bonchev–Trinajstić information content (AvgIpc) is 2.38. The minimum absolute atomic E-state index is 0.166. The summed E-state index contributed by atoms with van der Waals surface area (Å²) in [4.78, 5) is 9.15. The molecule has 1 aliphatic rings. The molecule has 1 atom stereocenters. The molecule has 8 heteroatoms. The first kappa shape index (κ1) is 15.2. The number of hydrogen-bond acceptors (Lipinski definition) is 5. The fraction of sp³-hybridized carbons (Fsp3) is 0.667. The minimum Gasteiger partial charge on any atom is -0.370 e. The third kappa shape index (κ3) is 3.47. The highest BCUT2D eigenvalue weighted by Gasteiger charge is 2.36. The van der Waals surface area contributed by atoms with Crippen LogP contribution in [0, 0.1) is 0 Å². The van der Waals surface area contributed by atoms with Gasteiger partial charge in [0, 0.05) is 36.7 Å². The van der Waals surface area contributed by atoms with Crippen molar-refractivity contribution in [1.29, 1.82) is 0 Å². The van der Waals surface area contributed by atoms with E-state index in [0.29, 0.717) is 18.9 Å². The standard InChI is InChI=1S/C12H17F3N4S/c1-3-16-9-6-10(18-11(17-9)12(13,14)15)19-4-5-20-7-8(19)2/h6,8H,3-5,7H2,1-2H3,(H,16,17,18). The molecule has 0 bridgehead atoms. The van der Waals surface area contributed by atoms with Crippen molar-refractivity contribution >= 4 is 23.4 Å². The van der Waals surface area contributed by atoms with Gasteiger partial charge in [-0.25, -0.2) is 9.97 Å². The number of rotatable bonds is 3. The van der Waals surface area contributed by atoms with Gasteiger partial charge in [-0.05, 0) is 13.8 Å². The highest BCUT2D eigenvalue weighted by atomic mass is 32.2. The van der Waals surface area contributed by atoms with Crippen LogP contribution in [0.25, 0.3) is 0 Å². The van der Waals surface area contributed by atoms with Crippen LogP contribution < -0.4 is 10.2 Å². The monoisotopic (exact) mass is 306 g/mol. The van der Waals surface area contributed by atoms with E-state index in [-0.39, 0.29) is 11.9 Å². The molecule has 1 N–H and O–H groups in total. The number of alkyl halides is 3. The summed E-state index contributed by atoms with van der Waals surface area (Å²) in [5, 5.41) is 2.83. The van der Waals surface area contributed by atoms with Crippen LogP contribution in [-0.4, -0.2) is 40.6 Å². The summed E-state index contributed by atoms with van der Waals surface area (Å²) in [6.45, 7) is 5.02. The molecule has 1 aliphatic heterocycles. The van der Waals surface area contributed by atoms with Gasteiger partial charge in [0.2, 0.25) is 5.82 Å². The Hall–Kier alpha value is -1.18. The van der Waals surface area contributed by atoms with Crippen molar-refractivity contribution < 1.29 is 13.2 Å². The van der Waals surface area contributed by atoms with Crippen molar-refractivity contribution in [3.8, 4) is 0 Å². The molecule has 1 unspecified atom stereocenters. The topological polar surface area (TPSA) is 41.0 Å². The Bertz CT molecular complexity index is 467. The maximum atomic E-state index is 12.9. The van der Waals surface area contributed by atoms with Crippen LogP contribution in [0.4, 0.5) is 24.8 Å². The van der Waals surface area contributed by atoms with Crippen LogP contribution in [0.15, 0.2) is 6.07 Å². The zero-order valence-electron chi connectivity index (χ0n) is 11.4. The highest BCUT2D eigenvalue weighted by molar-refractivity contribution is 7.99. The number of anilines is 2. The lowest BCUT2D eigenvalue weighted by molar-refractivity contribution is -0.144. The molecule has 112 valence electrons. The first-order chi connectivity index (χ1) is 9.41. The van der Waals surface area contributed by atoms with Crippen LogP contribution in [0.1, 0.15) is 19.7 Å². The second-order valence-corrected chi connectivity index (χ2v) is 5.73. The van der Waals surface area contributed by atoms with Crippen molar-refractivity contribution in [3.63, 3.8) is 0 Å². The highest BCUT2D eigenvalue weighted by Crippen LogP contribution is 2.30. The third-order valence-electron chi connectivity index (χ3n) is 2.99. The second kappa shape index (κ2) is 6.07. The van der Waals surface area contributed by atoms with Crippen molar-refractivity contribution in [1.82, 2.24) is 9.97 Å². The summed E-state index contributed by atoms with van der Waals surface area (Å²) >= 11 is 1.80. The Kier molecular flexibility index (Phi) is 4.62. The second-order valence-electron chi connectivity index (χ2n) is 4.58. The Labute approximate surface area is 120 Å². The largest absolute Gasteiger partial charge is 0.451 e. The van der Waals surface area contributed by atoms with E-state index in [1.165, 1.54) is 0 Å². The fourth-order valence-electron chi connectivity index (χ4n) is 2.05. The van der Waals surface area contributed by atoms with E-state index in [0.717, 1.165) is 11.5 Å². The summed E-state index contributed by atoms with van der Waals surface area (Å²) in [7, 11) is 0. The van der Waals surface area contributed by atoms with Gasteiger partial charge in [0.15, 0.2) is 0 Å². The molecule has 0 saturated carbocycles. The zero-order valence-corrected chi connectivity index (χ0v) is 12.2. The average molecular weight is 306 g/mol. The van der Waals surface area contributed by atoms with Crippen molar-refractivity contribution in [2.75, 3.05) is 34.8 Å². The number of thioether (sulfide) groups is 1. The van der Waals surface area contributed by atoms with Crippen molar-refractivity contribution in [2.45, 2.75) is 26.1 Å². The van der Waals surface area contributed by atoms with Gasteiger partial charge in [0.1, 0.15) is 11.6 Å². The lowest BCUT2D eigenvalue weighted by Gasteiger charge is -2.34. The Morgan fingerprint density at radius 3 is 2.80 bits per heavy atom. The predicted octanol–water partition coefficient (Wildman–Crippen LogP) is 2.87. The quantitative estimate of drug-likeness (QED) is 0.930. The summed E-state index contributed by atoms with van der Waals surface area (Å²) in [5.41, 5.74) is 0. The molecule has 1 aromatic heterocycles. The first-order valence-corrected chi connectivity index (χ1v) is 7.62. The van der Waals surface area contributed by atoms with Crippen LogP contribution in [0.2, 0.25) is 0 Å². The van der Waals surface area contributed by atoms with Gasteiger partial charge in [-0.3, -0.25) is 0 Å². The molecule has 0 radical (unpaired) electrons. The number of nitrogens with zero attached hydrogens (tertiary/aromatic N) is 3. The van der Waals surface area contributed by atoms with E-state index in [2.05, 4.69) is 15.3 Å². The number of aromatic nitrogens is 2. The van der Waals surface area contributed by atoms with E-state index in [4.69, 9.17) is 0 Å². The van der Waals surface area contributed by atoms with Gasteiger partial charge < -0.3 is 10.2 Å². The fourth-order valence-corrected chi connectivity index (χ4v) is 3.06. The number of hydrogen-bond donors (Lipinski definition) is 1. The Morgan fingerprint density at radius 2 is 2.20 bits per heavy atom. The van der Waals surface area contributed by atoms with E-state index < -0.39 is 12.0 Å². The maximum absolute atomic E-state index is 12.9. The summed E-state index contributed by atoms with van der Waals surface area (Å²) < 4.78 is 38.6. The lowest BCUT2D eigenvalue weighted by Crippen LogP contribution is -2.41. The molecule has 2 rings (SSSR count). The van der Waals surface area contributed by atoms with E-state index >= 15 is 0 Å². The first-order valence-electron chi connectivity index (χ1n) is 6.46. The van der Waals surface area contributed by atoms with E-state index in [1.54, 1.807) is 17.8 Å². The van der Waals surface area contributed by atoms with Crippen molar-refractivity contribution in [2.24, 2.45) is 0 Å². The van der Waals surface area contributed by atoms with Crippen LogP contribution >= 0.6 is 11.8 Å². The summed E-state index contributed by atoms with van der Waals surface area (Å²) in [6.07, 6.45) is -4.53. The summed E-state index contributed by atoms with van der Waals surface area (Å²) in [6, 6.07) is 1.75. The molecule has 20 heavy (non-hydrogen) atoms. The molecule has 0 amide bonds. The molecule has 0 aliphatic carbocycles. The number of nitrogens with one attached hydrogen (secondary N) is 1. The zero-order chi connectivity index (χ0) is 14.8. The predicted molar refractivity (Wildman–Crippen MR) is 75.3 cm³/mol. The SMILES string of the molecule is CCNc1cc(N2CCSCC2C)nc(C(F)(F)F)n1. The normalized spacial score (nSPS) is 20.1. The molecule has 0 spiro atoms. The van der Waals surface area contributed by atoms with Gasteiger partial charge >= 0.3 is 6.18 Å². The minimum atomic E-state index is -4.53. The van der Waals surface area contributed by atoms with Gasteiger partial charge in [-0.15, -0.1) is 0 Å². The molecular weight excluding hydrogens is 289 g/mol. The van der Waals surface area contributed by atoms with E-state index in [1.807, 2.05) is 18.7 Å². The molecule has 1 saturated heterocycles. The lowest BCUT2D eigenvalue weighted by atomic mass is 10.3. The van der Waals surface area contributed by atoms with Gasteiger partial charge in [-0.2, -0.15) is 24.9 Å². The van der Waals surface area contributed by atoms with Gasteiger partial charge in [0.25, 0.3) is 0 Å². The molecule has 4 nitrogen and oxygen atoms in total. The molecule has 2 heterocycles. The Morgan fingerprint density at radius 1 is 1.45 bits per heavy atom. The molecule has 1 aromatic rings. The maximum Gasteiger partial charge on any atom is 0.451 e. The van der Waals surface area contributed by atoms with Gasteiger partial charge in [-0.1, -0.05) is 0 Å².